The average Bonchev–Trinajstić information content (AvgIpc) is 3.20. The summed E-state index contributed by atoms with van der Waals surface area (Å²) in [6.45, 7) is 11.8. The number of carbonyl (C=O) groups is 2. The molecule has 7 nitrogen and oxygen atoms in total. The van der Waals surface area contributed by atoms with Gasteiger partial charge in [0.25, 0.3) is 0 Å². The van der Waals surface area contributed by atoms with Crippen molar-refractivity contribution in [3.63, 3.8) is 0 Å². The molecule has 0 radical (unpaired) electrons. The minimum atomic E-state index is -0.336. The minimum absolute atomic E-state index is 0.000128. The maximum atomic E-state index is 13.0. The maximum Gasteiger partial charge on any atom is 0.226 e. The second kappa shape index (κ2) is 11.3. The molecule has 1 heterocycles. The fourth-order valence-corrected chi connectivity index (χ4v) is 4.42. The summed E-state index contributed by atoms with van der Waals surface area (Å²) in [5, 5.41) is 11.9. The Morgan fingerprint density at radius 3 is 2.15 bits per heavy atom. The number of carbonyl (C=O) groups excluding carboxylic acids is 2. The first-order chi connectivity index (χ1) is 16.2. The van der Waals surface area contributed by atoms with Crippen LogP contribution in [0.3, 0.4) is 0 Å². The van der Waals surface area contributed by atoms with E-state index in [-0.39, 0.29) is 22.9 Å². The third-order valence-electron chi connectivity index (χ3n) is 5.70. The number of ketones is 1. The normalized spacial score (nSPS) is 12.0. The summed E-state index contributed by atoms with van der Waals surface area (Å²) in [5.74, 6) is 0.608. The van der Waals surface area contributed by atoms with Crippen molar-refractivity contribution >= 4 is 34.8 Å². The summed E-state index contributed by atoms with van der Waals surface area (Å²) in [6.07, 6.45) is 0. The molecule has 1 amide bonds. The smallest absolute Gasteiger partial charge is 0.226 e. The van der Waals surface area contributed by atoms with Gasteiger partial charge in [0.05, 0.1) is 5.25 Å². The van der Waals surface area contributed by atoms with Crippen LogP contribution < -0.4 is 10.2 Å². The van der Waals surface area contributed by atoms with Crippen molar-refractivity contribution in [2.45, 2.75) is 45.0 Å². The van der Waals surface area contributed by atoms with Crippen LogP contribution in [0.2, 0.25) is 0 Å². The quantitative estimate of drug-likeness (QED) is 0.315. The van der Waals surface area contributed by atoms with E-state index in [9.17, 15) is 9.59 Å². The van der Waals surface area contributed by atoms with Crippen LogP contribution in [0.5, 0.6) is 0 Å². The van der Waals surface area contributed by atoms with Gasteiger partial charge in [-0.1, -0.05) is 25.6 Å². The first kappa shape index (κ1) is 25.5. The molecule has 0 aliphatic rings. The third-order valence-corrected chi connectivity index (χ3v) is 6.84. The van der Waals surface area contributed by atoms with Gasteiger partial charge in [-0.25, -0.2) is 0 Å². The Morgan fingerprint density at radius 1 is 0.971 bits per heavy atom. The van der Waals surface area contributed by atoms with E-state index in [0.717, 1.165) is 24.5 Å². The van der Waals surface area contributed by atoms with E-state index < -0.39 is 0 Å². The lowest BCUT2D eigenvalue weighted by molar-refractivity contribution is -0.118. The van der Waals surface area contributed by atoms with Gasteiger partial charge in [-0.2, -0.15) is 0 Å². The van der Waals surface area contributed by atoms with E-state index >= 15 is 0 Å². The van der Waals surface area contributed by atoms with Crippen molar-refractivity contribution in [1.29, 1.82) is 0 Å². The molecular weight excluding hydrogens is 446 g/mol. The number of nitrogens with one attached hydrogen (secondary N) is 1. The lowest BCUT2D eigenvalue weighted by Crippen LogP contribution is -2.21. The Hall–Kier alpha value is -3.13. The van der Waals surface area contributed by atoms with Crippen molar-refractivity contribution in [3.05, 3.63) is 54.1 Å². The van der Waals surface area contributed by atoms with Gasteiger partial charge in [0.2, 0.25) is 5.91 Å². The number of Topliss-reactive ketones (excluding diaryl/α,β-unsaturated/α-hetero) is 1. The van der Waals surface area contributed by atoms with Gasteiger partial charge in [-0.15, -0.1) is 10.2 Å². The number of benzene rings is 2. The standard InChI is InChI=1S/C26H33N5O2S/c1-7-31(8-2)22-15-11-20(12-16-22)24-28-29-26(30(24)6)34-18(5)23(32)19-9-13-21(14-10-19)27-25(33)17(3)4/h9-18H,7-8H2,1-6H3,(H,27,33). The molecule has 2 aromatic carbocycles. The molecule has 1 atom stereocenters. The van der Waals surface area contributed by atoms with Crippen LogP contribution in [-0.4, -0.2) is 44.8 Å². The number of aromatic nitrogens is 3. The Kier molecular flexibility index (Phi) is 8.50. The molecule has 180 valence electrons. The molecule has 0 saturated heterocycles. The van der Waals surface area contributed by atoms with Crippen LogP contribution in [0.15, 0.2) is 53.7 Å². The zero-order chi connectivity index (χ0) is 24.8. The summed E-state index contributed by atoms with van der Waals surface area (Å²) in [6, 6.07) is 15.3. The summed E-state index contributed by atoms with van der Waals surface area (Å²) < 4.78 is 1.92. The first-order valence-electron chi connectivity index (χ1n) is 11.6. The van der Waals surface area contributed by atoms with Gasteiger partial charge in [-0.05, 0) is 69.3 Å². The van der Waals surface area contributed by atoms with E-state index in [2.05, 4.69) is 58.5 Å². The summed E-state index contributed by atoms with van der Waals surface area (Å²) in [5.41, 5.74) is 3.44. The molecular formula is C26H33N5O2S. The second-order valence-corrected chi connectivity index (χ2v) is 9.74. The van der Waals surface area contributed by atoms with Gasteiger partial charge in [0.1, 0.15) is 0 Å². The molecule has 1 N–H and O–H groups in total. The molecule has 0 aliphatic carbocycles. The molecule has 0 fully saturated rings. The monoisotopic (exact) mass is 479 g/mol. The Bertz CT molecular complexity index is 1120. The highest BCUT2D eigenvalue weighted by atomic mass is 32.2. The zero-order valence-corrected chi connectivity index (χ0v) is 21.5. The molecule has 3 aromatic rings. The number of rotatable bonds is 10. The Balaban J connectivity index is 1.68. The predicted octanol–water partition coefficient (Wildman–Crippen LogP) is 5.29. The average molecular weight is 480 g/mol. The molecule has 3 rings (SSSR count). The Labute approximate surface area is 206 Å². The highest BCUT2D eigenvalue weighted by Gasteiger charge is 2.21. The summed E-state index contributed by atoms with van der Waals surface area (Å²) >= 11 is 1.38. The van der Waals surface area contributed by atoms with Gasteiger partial charge in [-0.3, -0.25) is 9.59 Å². The van der Waals surface area contributed by atoms with Gasteiger partial charge in [0.15, 0.2) is 16.8 Å². The number of hydrogen-bond donors (Lipinski definition) is 1. The molecule has 0 spiro atoms. The maximum absolute atomic E-state index is 13.0. The predicted molar refractivity (Wildman–Crippen MR) is 140 cm³/mol. The van der Waals surface area contributed by atoms with Gasteiger partial charge in [0, 0.05) is 48.6 Å². The SMILES string of the molecule is CCN(CC)c1ccc(-c2nnc(SC(C)C(=O)c3ccc(NC(=O)C(C)C)cc3)n2C)cc1. The van der Waals surface area contributed by atoms with Crippen molar-refractivity contribution in [1.82, 2.24) is 14.8 Å². The third kappa shape index (κ3) is 5.86. The van der Waals surface area contributed by atoms with Crippen molar-refractivity contribution in [2.75, 3.05) is 23.3 Å². The zero-order valence-electron chi connectivity index (χ0n) is 20.7. The van der Waals surface area contributed by atoms with Crippen LogP contribution in [0.25, 0.3) is 11.4 Å². The van der Waals surface area contributed by atoms with Crippen molar-refractivity contribution in [2.24, 2.45) is 13.0 Å². The fraction of sp³-hybridized carbons (Fsp3) is 0.385. The van der Waals surface area contributed by atoms with Crippen LogP contribution >= 0.6 is 11.8 Å². The summed E-state index contributed by atoms with van der Waals surface area (Å²) in [4.78, 5) is 27.1. The largest absolute Gasteiger partial charge is 0.372 e. The Morgan fingerprint density at radius 2 is 1.59 bits per heavy atom. The van der Waals surface area contributed by atoms with Crippen LogP contribution in [0.4, 0.5) is 11.4 Å². The van der Waals surface area contributed by atoms with E-state index in [0.29, 0.717) is 16.4 Å². The second-order valence-electron chi connectivity index (χ2n) is 8.43. The lowest BCUT2D eigenvalue weighted by Gasteiger charge is -2.21. The van der Waals surface area contributed by atoms with E-state index in [1.165, 1.54) is 17.4 Å². The van der Waals surface area contributed by atoms with E-state index in [1.54, 1.807) is 24.3 Å². The molecule has 0 aliphatic heterocycles. The van der Waals surface area contributed by atoms with Gasteiger partial charge >= 0.3 is 0 Å². The van der Waals surface area contributed by atoms with Crippen LogP contribution in [0, 0.1) is 5.92 Å². The van der Waals surface area contributed by atoms with Gasteiger partial charge < -0.3 is 14.8 Å². The number of thioether (sulfide) groups is 1. The molecule has 1 unspecified atom stereocenters. The highest BCUT2D eigenvalue weighted by Crippen LogP contribution is 2.28. The van der Waals surface area contributed by atoms with E-state index in [4.69, 9.17) is 0 Å². The minimum Gasteiger partial charge on any atom is -0.372 e. The molecule has 34 heavy (non-hydrogen) atoms. The number of anilines is 2. The molecule has 8 heteroatoms. The molecule has 0 bridgehead atoms. The fourth-order valence-electron chi connectivity index (χ4n) is 3.53. The van der Waals surface area contributed by atoms with Crippen LogP contribution in [0.1, 0.15) is 45.0 Å². The topological polar surface area (TPSA) is 80.1 Å². The summed E-state index contributed by atoms with van der Waals surface area (Å²) in [7, 11) is 1.92. The van der Waals surface area contributed by atoms with E-state index in [1.807, 2.05) is 32.4 Å². The number of hydrogen-bond acceptors (Lipinski definition) is 6. The molecule has 0 saturated carbocycles. The van der Waals surface area contributed by atoms with Crippen molar-refractivity contribution in [3.8, 4) is 11.4 Å². The lowest BCUT2D eigenvalue weighted by atomic mass is 10.1. The number of nitrogens with zero attached hydrogens (tertiary/aromatic N) is 4. The van der Waals surface area contributed by atoms with Crippen LogP contribution in [-0.2, 0) is 11.8 Å². The molecule has 1 aromatic heterocycles. The first-order valence-corrected chi connectivity index (χ1v) is 12.5. The number of amides is 1. The van der Waals surface area contributed by atoms with Crippen molar-refractivity contribution < 1.29 is 9.59 Å². The highest BCUT2D eigenvalue weighted by molar-refractivity contribution is 8.00.